The first-order chi connectivity index (χ1) is 10.2. The molecule has 0 aromatic heterocycles. The molecule has 128 valence electrons. The molecule has 0 aromatic carbocycles. The van der Waals surface area contributed by atoms with E-state index in [-0.39, 0.29) is 23.1 Å². The van der Waals surface area contributed by atoms with Crippen LogP contribution in [0.3, 0.4) is 0 Å². The van der Waals surface area contributed by atoms with E-state index in [2.05, 4.69) is 0 Å². The smallest absolute Gasteiger partial charge is 0.223 e. The van der Waals surface area contributed by atoms with E-state index in [1.807, 2.05) is 4.90 Å². The Bertz CT molecular complexity index is 496. The Balaban J connectivity index is 2.02. The molecule has 0 spiro atoms. The monoisotopic (exact) mass is 331 g/mol. The Morgan fingerprint density at radius 1 is 1.32 bits per heavy atom. The highest BCUT2D eigenvalue weighted by Gasteiger charge is 2.47. The average molecular weight is 331 g/mol. The second-order valence-corrected chi connectivity index (χ2v) is 9.56. The first-order valence-corrected chi connectivity index (χ1v) is 10.4. The van der Waals surface area contributed by atoms with Crippen molar-refractivity contribution in [3.8, 4) is 0 Å². The Morgan fingerprint density at radius 3 is 2.55 bits per heavy atom. The van der Waals surface area contributed by atoms with Gasteiger partial charge in [0.1, 0.15) is 9.84 Å². The van der Waals surface area contributed by atoms with Gasteiger partial charge in [0.15, 0.2) is 0 Å². The molecular formula is C16H29NO4S. The van der Waals surface area contributed by atoms with Crippen LogP contribution in [-0.4, -0.2) is 55.0 Å². The summed E-state index contributed by atoms with van der Waals surface area (Å²) in [6.07, 6.45) is 7.62. The largest absolute Gasteiger partial charge is 0.393 e. The molecule has 2 fully saturated rings. The Kier molecular flexibility index (Phi) is 5.54. The maximum absolute atomic E-state index is 12.7. The highest BCUT2D eigenvalue weighted by molar-refractivity contribution is 7.90. The molecule has 2 unspecified atom stereocenters. The zero-order valence-corrected chi connectivity index (χ0v) is 14.6. The minimum atomic E-state index is -3.05. The van der Waals surface area contributed by atoms with Gasteiger partial charge in [0.25, 0.3) is 0 Å². The van der Waals surface area contributed by atoms with Gasteiger partial charge in [-0.3, -0.25) is 4.79 Å². The van der Waals surface area contributed by atoms with Crippen molar-refractivity contribution in [2.45, 2.75) is 70.4 Å². The summed E-state index contributed by atoms with van der Waals surface area (Å²) in [5.41, 5.74) is -0.313. The Hall–Kier alpha value is -0.620. The third-order valence-corrected chi connectivity index (χ3v) is 6.00. The van der Waals surface area contributed by atoms with Crippen LogP contribution in [0.1, 0.15) is 58.3 Å². The third kappa shape index (κ3) is 5.23. The summed E-state index contributed by atoms with van der Waals surface area (Å²) in [5.74, 6) is 0.203. The molecule has 1 heterocycles. The zero-order chi connectivity index (χ0) is 16.4. The van der Waals surface area contributed by atoms with Crippen molar-refractivity contribution in [1.82, 2.24) is 4.90 Å². The highest BCUT2D eigenvalue weighted by atomic mass is 32.2. The van der Waals surface area contributed by atoms with E-state index in [0.29, 0.717) is 12.8 Å². The number of hydrogen-bond acceptors (Lipinski definition) is 4. The van der Waals surface area contributed by atoms with Crippen LogP contribution in [0.4, 0.5) is 0 Å². The van der Waals surface area contributed by atoms with E-state index in [1.165, 1.54) is 6.26 Å². The number of rotatable bonds is 6. The fourth-order valence-corrected chi connectivity index (χ4v) is 5.18. The van der Waals surface area contributed by atoms with Crippen molar-refractivity contribution < 1.29 is 18.3 Å². The summed E-state index contributed by atoms with van der Waals surface area (Å²) in [7, 11) is -3.05. The van der Waals surface area contributed by atoms with Crippen LogP contribution < -0.4 is 0 Å². The van der Waals surface area contributed by atoms with Crippen molar-refractivity contribution in [3.05, 3.63) is 0 Å². The second kappa shape index (κ2) is 6.87. The molecule has 1 saturated heterocycles. The summed E-state index contributed by atoms with van der Waals surface area (Å²) in [6, 6.07) is 0.101. The van der Waals surface area contributed by atoms with Gasteiger partial charge in [0, 0.05) is 25.3 Å². The van der Waals surface area contributed by atoms with Crippen molar-refractivity contribution in [2.75, 3.05) is 18.6 Å². The van der Waals surface area contributed by atoms with Crippen LogP contribution in [0, 0.1) is 5.41 Å². The minimum Gasteiger partial charge on any atom is -0.393 e. The van der Waals surface area contributed by atoms with Gasteiger partial charge in [-0.25, -0.2) is 8.42 Å². The number of aliphatic hydroxyl groups is 1. The Labute approximate surface area is 134 Å². The van der Waals surface area contributed by atoms with Gasteiger partial charge in [0.2, 0.25) is 5.91 Å². The lowest BCUT2D eigenvalue weighted by Gasteiger charge is -2.32. The molecule has 2 aliphatic rings. The lowest BCUT2D eigenvalue weighted by molar-refractivity contribution is -0.135. The number of carbonyl (C=O) groups excluding carboxylic acids is 1. The molecule has 1 amide bonds. The predicted molar refractivity (Wildman–Crippen MR) is 86.3 cm³/mol. The zero-order valence-electron chi connectivity index (χ0n) is 13.8. The van der Waals surface area contributed by atoms with Gasteiger partial charge in [-0.1, -0.05) is 12.8 Å². The molecule has 2 atom stereocenters. The molecule has 1 saturated carbocycles. The van der Waals surface area contributed by atoms with Crippen LogP contribution >= 0.6 is 0 Å². The van der Waals surface area contributed by atoms with Gasteiger partial charge < -0.3 is 10.0 Å². The molecule has 5 nitrogen and oxygen atoms in total. The molecule has 1 aliphatic heterocycles. The number of hydrogen-bond donors (Lipinski definition) is 1. The van der Waals surface area contributed by atoms with E-state index in [0.717, 1.165) is 45.1 Å². The highest BCUT2D eigenvalue weighted by Crippen LogP contribution is 2.50. The maximum atomic E-state index is 12.7. The fourth-order valence-electron chi connectivity index (χ4n) is 3.67. The summed E-state index contributed by atoms with van der Waals surface area (Å²) < 4.78 is 23.1. The average Bonchev–Trinajstić information content (AvgIpc) is 3.11. The first-order valence-electron chi connectivity index (χ1n) is 8.36. The van der Waals surface area contributed by atoms with E-state index >= 15 is 0 Å². The molecule has 0 aromatic rings. The van der Waals surface area contributed by atoms with Crippen molar-refractivity contribution in [1.29, 1.82) is 0 Å². The molecule has 2 rings (SSSR count). The topological polar surface area (TPSA) is 74.7 Å². The quantitative estimate of drug-likeness (QED) is 0.804. The van der Waals surface area contributed by atoms with E-state index in [4.69, 9.17) is 0 Å². The molecular weight excluding hydrogens is 302 g/mol. The van der Waals surface area contributed by atoms with Crippen LogP contribution in [-0.2, 0) is 14.6 Å². The molecule has 0 radical (unpaired) electrons. The van der Waals surface area contributed by atoms with Crippen molar-refractivity contribution >= 4 is 15.7 Å². The third-order valence-electron chi connectivity index (χ3n) is 4.86. The van der Waals surface area contributed by atoms with Crippen molar-refractivity contribution in [3.63, 3.8) is 0 Å². The first kappa shape index (κ1) is 17.7. The van der Waals surface area contributed by atoms with Gasteiger partial charge in [-0.05, 0) is 44.4 Å². The predicted octanol–water partition coefficient (Wildman–Crippen LogP) is 1.74. The minimum absolute atomic E-state index is 0.0775. The van der Waals surface area contributed by atoms with E-state index in [1.54, 1.807) is 6.92 Å². The van der Waals surface area contributed by atoms with Crippen molar-refractivity contribution in [2.24, 2.45) is 5.41 Å². The molecule has 1 N–H and O–H groups in total. The van der Waals surface area contributed by atoms with Crippen LogP contribution in [0.2, 0.25) is 0 Å². The summed E-state index contributed by atoms with van der Waals surface area (Å²) >= 11 is 0. The fraction of sp³-hybridized carbons (Fsp3) is 0.938. The van der Waals surface area contributed by atoms with Gasteiger partial charge in [0.05, 0.1) is 11.9 Å². The SMILES string of the molecule is CC(O)CC1CCCCCN1C(=O)CC1(CS(C)(=O)=O)CC1. The molecule has 1 aliphatic carbocycles. The number of likely N-dealkylation sites (tertiary alicyclic amines) is 1. The summed E-state index contributed by atoms with van der Waals surface area (Å²) in [4.78, 5) is 14.7. The van der Waals surface area contributed by atoms with E-state index < -0.39 is 15.9 Å². The lowest BCUT2D eigenvalue weighted by atomic mass is 10.0. The van der Waals surface area contributed by atoms with Crippen LogP contribution in [0.15, 0.2) is 0 Å². The number of aliphatic hydroxyl groups excluding tert-OH is 1. The van der Waals surface area contributed by atoms with Gasteiger partial charge in [-0.2, -0.15) is 0 Å². The second-order valence-electron chi connectivity index (χ2n) is 7.42. The summed E-state index contributed by atoms with van der Waals surface area (Å²) in [6.45, 7) is 2.50. The number of sulfone groups is 1. The number of amides is 1. The van der Waals surface area contributed by atoms with Crippen LogP contribution in [0.5, 0.6) is 0 Å². The van der Waals surface area contributed by atoms with Crippen LogP contribution in [0.25, 0.3) is 0 Å². The molecule has 22 heavy (non-hydrogen) atoms. The number of nitrogens with zero attached hydrogens (tertiary/aromatic N) is 1. The molecule has 6 heteroatoms. The lowest BCUT2D eigenvalue weighted by Crippen LogP contribution is -2.42. The maximum Gasteiger partial charge on any atom is 0.223 e. The molecule has 0 bridgehead atoms. The normalized spacial score (nSPS) is 26.3. The standard InChI is InChI=1S/C16H29NO4S/c1-13(18)10-14-6-4-3-5-9-17(14)15(19)11-16(7-8-16)12-22(2,20)21/h13-14,18H,3-12H2,1-2H3. The van der Waals surface area contributed by atoms with Gasteiger partial charge in [-0.15, -0.1) is 0 Å². The number of carbonyl (C=O) groups is 1. The van der Waals surface area contributed by atoms with Gasteiger partial charge >= 0.3 is 0 Å². The Morgan fingerprint density at radius 2 is 2.00 bits per heavy atom. The van der Waals surface area contributed by atoms with E-state index in [9.17, 15) is 18.3 Å². The summed E-state index contributed by atoms with van der Waals surface area (Å²) in [5, 5.41) is 9.68.